The number of nitrogens with one attached hydrogen (secondary N) is 1. The van der Waals surface area contributed by atoms with E-state index in [1.807, 2.05) is 0 Å². The third-order valence-electron chi connectivity index (χ3n) is 2.16. The van der Waals surface area contributed by atoms with Gasteiger partial charge in [-0.1, -0.05) is 27.7 Å². The van der Waals surface area contributed by atoms with Crippen LogP contribution in [0.2, 0.25) is 0 Å². The largest absolute Gasteiger partial charge is 0.392 e. The predicted molar refractivity (Wildman–Crippen MR) is 61.3 cm³/mol. The van der Waals surface area contributed by atoms with Crippen LogP contribution in [0.4, 0.5) is 0 Å². The Morgan fingerprint density at radius 3 is 2.33 bits per heavy atom. The monoisotopic (exact) mass is 216 g/mol. The van der Waals surface area contributed by atoms with Crippen molar-refractivity contribution in [3.63, 3.8) is 0 Å². The number of amides is 1. The third kappa shape index (κ3) is 8.39. The summed E-state index contributed by atoms with van der Waals surface area (Å²) in [5.41, 5.74) is 5.23. The molecular formula is C11H24N2O2. The zero-order chi connectivity index (χ0) is 12.1. The number of nitrogens with two attached hydrogens (primary N) is 1. The average Bonchev–Trinajstić information content (AvgIpc) is 2.00. The number of carbonyl (C=O) groups is 1. The van der Waals surface area contributed by atoms with Crippen LogP contribution in [0, 0.1) is 11.3 Å². The van der Waals surface area contributed by atoms with Crippen molar-refractivity contribution in [3.05, 3.63) is 0 Å². The van der Waals surface area contributed by atoms with Gasteiger partial charge in [-0.25, -0.2) is 0 Å². The summed E-state index contributed by atoms with van der Waals surface area (Å²) in [6.07, 6.45) is 0.371. The lowest BCUT2D eigenvalue weighted by Gasteiger charge is -2.22. The Morgan fingerprint density at radius 2 is 1.93 bits per heavy atom. The zero-order valence-electron chi connectivity index (χ0n) is 10.2. The summed E-state index contributed by atoms with van der Waals surface area (Å²) in [7, 11) is 0. The number of carbonyl (C=O) groups excluding carboxylic acids is 1. The van der Waals surface area contributed by atoms with Crippen LogP contribution in [0.25, 0.3) is 0 Å². The molecule has 0 fully saturated rings. The van der Waals surface area contributed by atoms with Crippen LogP contribution in [-0.4, -0.2) is 30.2 Å². The van der Waals surface area contributed by atoms with Gasteiger partial charge in [-0.15, -0.1) is 0 Å². The summed E-state index contributed by atoms with van der Waals surface area (Å²) in [6, 6.07) is 0. The van der Waals surface area contributed by atoms with Crippen LogP contribution < -0.4 is 11.1 Å². The highest BCUT2D eigenvalue weighted by atomic mass is 16.3. The highest BCUT2D eigenvalue weighted by Gasteiger charge is 2.16. The molecule has 2 atom stereocenters. The van der Waals surface area contributed by atoms with E-state index in [9.17, 15) is 9.90 Å². The molecule has 15 heavy (non-hydrogen) atoms. The second kappa shape index (κ2) is 6.08. The summed E-state index contributed by atoms with van der Waals surface area (Å²) in [5, 5.41) is 12.7. The van der Waals surface area contributed by atoms with E-state index in [0.29, 0.717) is 13.1 Å². The average molecular weight is 216 g/mol. The lowest BCUT2D eigenvalue weighted by Crippen LogP contribution is -2.36. The molecule has 2 unspecified atom stereocenters. The molecule has 0 aliphatic rings. The van der Waals surface area contributed by atoms with E-state index < -0.39 is 0 Å². The topological polar surface area (TPSA) is 75.3 Å². The minimum absolute atomic E-state index is 0.121. The lowest BCUT2D eigenvalue weighted by atomic mass is 9.89. The molecule has 0 heterocycles. The number of hydrogen-bond acceptors (Lipinski definition) is 3. The fraction of sp³-hybridized carbons (Fsp3) is 0.909. The lowest BCUT2D eigenvalue weighted by molar-refractivity contribution is -0.121. The van der Waals surface area contributed by atoms with Crippen molar-refractivity contribution in [1.82, 2.24) is 5.32 Å². The molecule has 0 aliphatic carbocycles. The first-order valence-electron chi connectivity index (χ1n) is 5.40. The molecule has 0 aromatic rings. The van der Waals surface area contributed by atoms with Gasteiger partial charge < -0.3 is 16.2 Å². The van der Waals surface area contributed by atoms with Gasteiger partial charge in [0.25, 0.3) is 0 Å². The Hall–Kier alpha value is -0.610. The molecule has 4 N–H and O–H groups in total. The van der Waals surface area contributed by atoms with Gasteiger partial charge in [0.2, 0.25) is 5.91 Å². The summed E-state index contributed by atoms with van der Waals surface area (Å²) in [4.78, 5) is 10.7. The van der Waals surface area contributed by atoms with E-state index in [0.717, 1.165) is 6.42 Å². The highest BCUT2D eigenvalue weighted by molar-refractivity contribution is 5.76. The fourth-order valence-corrected chi connectivity index (χ4v) is 1.35. The van der Waals surface area contributed by atoms with Crippen LogP contribution in [0.5, 0.6) is 0 Å². The van der Waals surface area contributed by atoms with E-state index in [2.05, 4.69) is 26.1 Å². The normalized spacial score (nSPS) is 16.1. The van der Waals surface area contributed by atoms with Crippen LogP contribution in [0.1, 0.15) is 34.1 Å². The Bertz CT molecular complexity index is 199. The minimum atomic E-state index is -0.370. The maximum Gasteiger partial charge on any atom is 0.221 e. The van der Waals surface area contributed by atoms with Crippen molar-refractivity contribution in [2.24, 2.45) is 17.1 Å². The maximum atomic E-state index is 10.7. The quantitative estimate of drug-likeness (QED) is 0.605. The molecule has 0 aromatic carbocycles. The van der Waals surface area contributed by atoms with Gasteiger partial charge in [-0.05, 0) is 11.8 Å². The number of aliphatic hydroxyl groups excluding tert-OH is 1. The molecule has 4 nitrogen and oxygen atoms in total. The molecule has 90 valence electrons. The fourth-order valence-electron chi connectivity index (χ4n) is 1.35. The van der Waals surface area contributed by atoms with Crippen LogP contribution >= 0.6 is 0 Å². The van der Waals surface area contributed by atoms with Crippen molar-refractivity contribution in [1.29, 1.82) is 0 Å². The van der Waals surface area contributed by atoms with Crippen LogP contribution in [0.15, 0.2) is 0 Å². The standard InChI is InChI=1S/C11H24N2O2/c1-8(10(12)15)6-13-7-9(14)5-11(2,3)4/h8-9,13-14H,5-7H2,1-4H3,(H2,12,15). The Kier molecular flexibility index (Phi) is 5.83. The van der Waals surface area contributed by atoms with Gasteiger partial charge in [0.05, 0.1) is 6.10 Å². The summed E-state index contributed by atoms with van der Waals surface area (Å²) in [6.45, 7) is 9.06. The van der Waals surface area contributed by atoms with Gasteiger partial charge in [0.15, 0.2) is 0 Å². The van der Waals surface area contributed by atoms with Gasteiger partial charge in [-0.2, -0.15) is 0 Å². The van der Waals surface area contributed by atoms with E-state index in [1.165, 1.54) is 0 Å². The molecule has 0 radical (unpaired) electrons. The second-order valence-corrected chi connectivity index (χ2v) is 5.38. The van der Waals surface area contributed by atoms with Crippen LogP contribution in [-0.2, 0) is 4.79 Å². The molecule has 0 saturated heterocycles. The number of rotatable bonds is 6. The van der Waals surface area contributed by atoms with Crippen molar-refractivity contribution in [2.75, 3.05) is 13.1 Å². The molecular weight excluding hydrogens is 192 g/mol. The summed E-state index contributed by atoms with van der Waals surface area (Å²) < 4.78 is 0. The Balaban J connectivity index is 3.64. The zero-order valence-corrected chi connectivity index (χ0v) is 10.2. The maximum absolute atomic E-state index is 10.7. The molecule has 0 saturated carbocycles. The highest BCUT2D eigenvalue weighted by Crippen LogP contribution is 2.20. The van der Waals surface area contributed by atoms with Crippen LogP contribution in [0.3, 0.4) is 0 Å². The van der Waals surface area contributed by atoms with Crippen molar-refractivity contribution >= 4 is 5.91 Å². The SMILES string of the molecule is CC(CNCC(O)CC(C)(C)C)C(N)=O. The van der Waals surface area contributed by atoms with Crippen molar-refractivity contribution in [2.45, 2.75) is 40.2 Å². The first-order chi connectivity index (χ1) is 6.72. The predicted octanol–water partition coefficient (Wildman–Crippen LogP) is 0.494. The van der Waals surface area contributed by atoms with Crippen molar-refractivity contribution in [3.8, 4) is 0 Å². The molecule has 0 aromatic heterocycles. The third-order valence-corrected chi connectivity index (χ3v) is 2.16. The number of aliphatic hydroxyl groups is 1. The summed E-state index contributed by atoms with van der Waals surface area (Å²) >= 11 is 0. The molecule has 0 rings (SSSR count). The molecule has 0 bridgehead atoms. The smallest absolute Gasteiger partial charge is 0.221 e. The van der Waals surface area contributed by atoms with Gasteiger partial charge in [0.1, 0.15) is 0 Å². The van der Waals surface area contributed by atoms with Crippen molar-refractivity contribution < 1.29 is 9.90 Å². The molecule has 0 spiro atoms. The van der Waals surface area contributed by atoms with Gasteiger partial charge in [0, 0.05) is 19.0 Å². The van der Waals surface area contributed by atoms with E-state index >= 15 is 0 Å². The first kappa shape index (κ1) is 14.4. The summed E-state index contributed by atoms with van der Waals surface area (Å²) in [5.74, 6) is -0.500. The second-order valence-electron chi connectivity index (χ2n) is 5.38. The number of hydrogen-bond donors (Lipinski definition) is 3. The molecule has 0 aliphatic heterocycles. The first-order valence-corrected chi connectivity index (χ1v) is 5.40. The van der Waals surface area contributed by atoms with E-state index in [4.69, 9.17) is 5.73 Å². The minimum Gasteiger partial charge on any atom is -0.392 e. The number of primary amides is 1. The Labute approximate surface area is 92.2 Å². The Morgan fingerprint density at radius 1 is 1.40 bits per heavy atom. The van der Waals surface area contributed by atoms with Gasteiger partial charge >= 0.3 is 0 Å². The van der Waals surface area contributed by atoms with E-state index in [-0.39, 0.29) is 23.3 Å². The van der Waals surface area contributed by atoms with Gasteiger partial charge in [-0.3, -0.25) is 4.79 Å². The molecule has 1 amide bonds. The molecule has 4 heteroatoms. The van der Waals surface area contributed by atoms with E-state index in [1.54, 1.807) is 6.92 Å².